The lowest BCUT2D eigenvalue weighted by molar-refractivity contribution is 0.274. The molecule has 3 rings (SSSR count). The van der Waals surface area contributed by atoms with Crippen molar-refractivity contribution in [2.24, 2.45) is 0 Å². The van der Waals surface area contributed by atoms with Crippen LogP contribution in [0.2, 0.25) is 0 Å². The van der Waals surface area contributed by atoms with Crippen molar-refractivity contribution in [2.45, 2.75) is 18.2 Å². The summed E-state index contributed by atoms with van der Waals surface area (Å²) in [6.45, 7) is 1.29. The summed E-state index contributed by atoms with van der Waals surface area (Å²) in [4.78, 5) is 2.09. The van der Waals surface area contributed by atoms with Crippen LogP contribution in [-0.2, 0) is 23.1 Å². The molecule has 0 amide bonds. The molecule has 1 heterocycles. The molecule has 0 N–H and O–H groups in total. The van der Waals surface area contributed by atoms with Gasteiger partial charge in [0.2, 0.25) is 5.09 Å². The highest BCUT2D eigenvalue weighted by molar-refractivity contribution is 7.88. The Morgan fingerprint density at radius 2 is 1.60 bits per heavy atom. The Morgan fingerprint density at radius 3 is 2.32 bits per heavy atom. The summed E-state index contributed by atoms with van der Waals surface area (Å²) in [6, 6.07) is 17.9. The molecule has 0 aliphatic carbocycles. The zero-order chi connectivity index (χ0) is 18.0. The molecule has 1 aromatic heterocycles. The minimum Gasteiger partial charge on any atom is -0.447 e. The smallest absolute Gasteiger partial charge is 0.275 e. The van der Waals surface area contributed by atoms with Gasteiger partial charge in [-0.15, -0.1) is 0 Å². The molecule has 0 atom stereocenters. The van der Waals surface area contributed by atoms with E-state index >= 15 is 0 Å². The first kappa shape index (κ1) is 17.7. The number of benzene rings is 2. The van der Waals surface area contributed by atoms with Gasteiger partial charge in [0, 0.05) is 20.6 Å². The van der Waals surface area contributed by atoms with Gasteiger partial charge < -0.3 is 4.42 Å². The molecular formula is C19H22N2O3S. The quantitative estimate of drug-likeness (QED) is 0.678. The number of sulfonamides is 1. The van der Waals surface area contributed by atoms with E-state index in [0.717, 1.165) is 10.8 Å². The van der Waals surface area contributed by atoms with Crippen molar-refractivity contribution in [1.29, 1.82) is 0 Å². The number of hydrogen-bond acceptors (Lipinski definition) is 4. The number of fused-ring (bicyclic) bond motifs is 1. The summed E-state index contributed by atoms with van der Waals surface area (Å²) in [7, 11) is 1.44. The first-order valence-electron chi connectivity index (χ1n) is 8.04. The minimum atomic E-state index is -3.53. The van der Waals surface area contributed by atoms with Crippen LogP contribution >= 0.6 is 0 Å². The van der Waals surface area contributed by atoms with Gasteiger partial charge in [0.1, 0.15) is 5.76 Å². The van der Waals surface area contributed by atoms with E-state index < -0.39 is 10.0 Å². The summed E-state index contributed by atoms with van der Waals surface area (Å²) in [5.41, 5.74) is 1.20. The molecule has 2 aromatic carbocycles. The van der Waals surface area contributed by atoms with Gasteiger partial charge in [-0.25, -0.2) is 12.7 Å². The van der Waals surface area contributed by atoms with Gasteiger partial charge in [-0.1, -0.05) is 36.4 Å². The van der Waals surface area contributed by atoms with Gasteiger partial charge in [0.15, 0.2) is 0 Å². The zero-order valence-corrected chi connectivity index (χ0v) is 15.5. The third kappa shape index (κ3) is 3.92. The van der Waals surface area contributed by atoms with Crippen LogP contribution in [0, 0.1) is 0 Å². The molecule has 3 aromatic rings. The maximum Gasteiger partial charge on any atom is 0.275 e. The molecule has 0 aliphatic rings. The van der Waals surface area contributed by atoms with Gasteiger partial charge >= 0.3 is 0 Å². The maximum absolute atomic E-state index is 12.1. The molecular weight excluding hydrogens is 336 g/mol. The monoisotopic (exact) mass is 358 g/mol. The molecule has 6 heteroatoms. The average molecular weight is 358 g/mol. The standard InChI is InChI=1S/C19H22N2O3S/c1-20(2)25(22,23)19-11-10-18(24-19)14-21(3)13-15-8-9-16-6-4-5-7-17(16)12-15/h4-12H,13-14H2,1-3H3. The van der Waals surface area contributed by atoms with Crippen molar-refractivity contribution < 1.29 is 12.8 Å². The highest BCUT2D eigenvalue weighted by Crippen LogP contribution is 2.20. The van der Waals surface area contributed by atoms with Crippen LogP contribution in [0.15, 0.2) is 64.1 Å². The Balaban J connectivity index is 1.70. The number of hydrogen-bond donors (Lipinski definition) is 0. The SMILES string of the molecule is CN(Cc1ccc2ccccc2c1)Cc1ccc(S(=O)(=O)N(C)C)o1. The van der Waals surface area contributed by atoms with Crippen molar-refractivity contribution in [3.63, 3.8) is 0 Å². The van der Waals surface area contributed by atoms with Gasteiger partial charge in [0.25, 0.3) is 10.0 Å². The summed E-state index contributed by atoms with van der Waals surface area (Å²) in [5, 5.41) is 2.41. The Kier molecular flexibility index (Phi) is 4.94. The van der Waals surface area contributed by atoms with Gasteiger partial charge in [-0.2, -0.15) is 0 Å². The Morgan fingerprint density at radius 1 is 0.880 bits per heavy atom. The average Bonchev–Trinajstić information content (AvgIpc) is 3.03. The summed E-state index contributed by atoms with van der Waals surface area (Å²) < 4.78 is 30.8. The number of nitrogens with zero attached hydrogens (tertiary/aromatic N) is 2. The van der Waals surface area contributed by atoms with E-state index in [2.05, 4.69) is 35.2 Å². The van der Waals surface area contributed by atoms with Crippen LogP contribution < -0.4 is 0 Å². The van der Waals surface area contributed by atoms with Crippen molar-refractivity contribution in [2.75, 3.05) is 21.1 Å². The van der Waals surface area contributed by atoms with Crippen LogP contribution in [0.3, 0.4) is 0 Å². The second kappa shape index (κ2) is 7.00. The number of rotatable bonds is 6. The lowest BCUT2D eigenvalue weighted by Gasteiger charge is -2.15. The largest absolute Gasteiger partial charge is 0.447 e. The minimum absolute atomic E-state index is 0.0217. The van der Waals surface area contributed by atoms with Gasteiger partial charge in [0.05, 0.1) is 6.54 Å². The van der Waals surface area contributed by atoms with Gasteiger partial charge in [-0.3, -0.25) is 4.90 Å². The van der Waals surface area contributed by atoms with Crippen LogP contribution in [0.1, 0.15) is 11.3 Å². The van der Waals surface area contributed by atoms with Crippen LogP contribution in [0.25, 0.3) is 10.8 Å². The summed E-state index contributed by atoms with van der Waals surface area (Å²) >= 11 is 0. The van der Waals surface area contributed by atoms with E-state index in [1.54, 1.807) is 6.07 Å². The highest BCUT2D eigenvalue weighted by atomic mass is 32.2. The lowest BCUT2D eigenvalue weighted by Crippen LogP contribution is -2.21. The van der Waals surface area contributed by atoms with E-state index in [4.69, 9.17) is 4.42 Å². The van der Waals surface area contributed by atoms with E-state index in [0.29, 0.717) is 12.3 Å². The van der Waals surface area contributed by atoms with Crippen LogP contribution in [-0.4, -0.2) is 38.8 Å². The fourth-order valence-corrected chi connectivity index (χ4v) is 3.54. The second-order valence-electron chi connectivity index (χ2n) is 6.36. The predicted octanol–water partition coefficient (Wildman–Crippen LogP) is 3.32. The van der Waals surface area contributed by atoms with Crippen LogP contribution in [0.5, 0.6) is 0 Å². The molecule has 25 heavy (non-hydrogen) atoms. The molecule has 0 radical (unpaired) electrons. The molecule has 0 spiro atoms. The molecule has 0 bridgehead atoms. The summed E-state index contributed by atoms with van der Waals surface area (Å²) in [6.07, 6.45) is 0. The Hall–Kier alpha value is -2.15. The van der Waals surface area contributed by atoms with Crippen molar-refractivity contribution in [3.8, 4) is 0 Å². The number of furan rings is 1. The topological polar surface area (TPSA) is 53.8 Å². The summed E-state index contributed by atoms with van der Waals surface area (Å²) in [5.74, 6) is 0.628. The van der Waals surface area contributed by atoms with E-state index in [1.165, 1.54) is 36.5 Å². The molecule has 132 valence electrons. The van der Waals surface area contributed by atoms with Crippen molar-refractivity contribution in [1.82, 2.24) is 9.21 Å². The first-order chi connectivity index (χ1) is 11.9. The van der Waals surface area contributed by atoms with E-state index in [-0.39, 0.29) is 5.09 Å². The van der Waals surface area contributed by atoms with E-state index in [1.807, 2.05) is 19.2 Å². The third-order valence-electron chi connectivity index (χ3n) is 4.06. The van der Waals surface area contributed by atoms with Crippen LogP contribution in [0.4, 0.5) is 0 Å². The fourth-order valence-electron chi connectivity index (χ4n) is 2.73. The normalized spacial score (nSPS) is 12.4. The Bertz CT molecular complexity index is 977. The zero-order valence-electron chi connectivity index (χ0n) is 14.6. The molecule has 5 nitrogen and oxygen atoms in total. The van der Waals surface area contributed by atoms with Gasteiger partial charge in [-0.05, 0) is 41.6 Å². The molecule has 0 aliphatic heterocycles. The molecule has 0 unspecified atom stereocenters. The second-order valence-corrected chi connectivity index (χ2v) is 8.44. The third-order valence-corrected chi connectivity index (χ3v) is 5.75. The first-order valence-corrected chi connectivity index (χ1v) is 9.48. The maximum atomic E-state index is 12.1. The van der Waals surface area contributed by atoms with Crippen molar-refractivity contribution >= 4 is 20.8 Å². The highest BCUT2D eigenvalue weighted by Gasteiger charge is 2.21. The molecule has 0 saturated heterocycles. The van der Waals surface area contributed by atoms with Crippen molar-refractivity contribution in [3.05, 3.63) is 65.9 Å². The molecule has 0 saturated carbocycles. The van der Waals surface area contributed by atoms with E-state index in [9.17, 15) is 8.42 Å². The predicted molar refractivity (Wildman–Crippen MR) is 98.7 cm³/mol. The molecule has 0 fully saturated rings. The lowest BCUT2D eigenvalue weighted by atomic mass is 10.1. The Labute approximate surface area is 148 Å². The fraction of sp³-hybridized carbons (Fsp3) is 0.263.